The van der Waals surface area contributed by atoms with E-state index in [1.165, 1.54) is 5.56 Å². The average Bonchev–Trinajstić information content (AvgIpc) is 2.24. The molecule has 0 aliphatic rings. The molecule has 0 radical (unpaired) electrons. The summed E-state index contributed by atoms with van der Waals surface area (Å²) < 4.78 is 5.61. The van der Waals surface area contributed by atoms with Crippen molar-refractivity contribution in [3.05, 3.63) is 28.8 Å². The highest BCUT2D eigenvalue weighted by Gasteiger charge is 2.04. The van der Waals surface area contributed by atoms with Crippen LogP contribution in [0.1, 0.15) is 26.3 Å². The minimum Gasteiger partial charge on any atom is -0.492 e. The third-order valence-electron chi connectivity index (χ3n) is 2.15. The lowest BCUT2D eigenvalue weighted by Crippen LogP contribution is -2.11. The van der Waals surface area contributed by atoms with Crippen LogP contribution >= 0.6 is 11.6 Å². The molecule has 1 aromatic rings. The van der Waals surface area contributed by atoms with Crippen molar-refractivity contribution in [3.8, 4) is 5.75 Å². The van der Waals surface area contributed by atoms with Gasteiger partial charge in [0.05, 0.1) is 11.6 Å². The monoisotopic (exact) mass is 241 g/mol. The summed E-state index contributed by atoms with van der Waals surface area (Å²) in [6, 6.07) is 5.95. The second kappa shape index (κ2) is 6.77. The Balaban J connectivity index is 2.60. The quantitative estimate of drug-likeness (QED) is 0.823. The van der Waals surface area contributed by atoms with Crippen molar-refractivity contribution < 1.29 is 4.74 Å². The van der Waals surface area contributed by atoms with Crippen LogP contribution in [0.3, 0.4) is 0 Å². The molecule has 0 aliphatic heterocycles. The van der Waals surface area contributed by atoms with Crippen molar-refractivity contribution in [1.82, 2.24) is 5.32 Å². The summed E-state index contributed by atoms with van der Waals surface area (Å²) in [7, 11) is 0. The molecule has 0 unspecified atom stereocenters. The van der Waals surface area contributed by atoms with Gasteiger partial charge in [-0.3, -0.25) is 0 Å². The molecular weight excluding hydrogens is 222 g/mol. The van der Waals surface area contributed by atoms with Gasteiger partial charge in [-0.15, -0.1) is 0 Å². The highest BCUT2D eigenvalue weighted by molar-refractivity contribution is 6.32. The zero-order chi connectivity index (χ0) is 12.0. The lowest BCUT2D eigenvalue weighted by atomic mass is 10.2. The van der Waals surface area contributed by atoms with Crippen LogP contribution in [0.25, 0.3) is 0 Å². The van der Waals surface area contributed by atoms with Crippen molar-refractivity contribution in [1.29, 1.82) is 0 Å². The summed E-state index contributed by atoms with van der Waals surface area (Å²) >= 11 is 6.14. The Morgan fingerprint density at radius 2 is 2.12 bits per heavy atom. The van der Waals surface area contributed by atoms with Gasteiger partial charge in [-0.25, -0.2) is 0 Å². The maximum atomic E-state index is 6.14. The van der Waals surface area contributed by atoms with Crippen LogP contribution in [0.2, 0.25) is 5.02 Å². The number of hydrogen-bond donors (Lipinski definition) is 1. The number of rotatable bonds is 6. The zero-order valence-corrected chi connectivity index (χ0v) is 11.0. The van der Waals surface area contributed by atoms with Gasteiger partial charge in [0.1, 0.15) is 5.75 Å². The average molecular weight is 242 g/mol. The fourth-order valence-electron chi connectivity index (χ4n) is 1.30. The molecular formula is C13H20ClNO. The van der Waals surface area contributed by atoms with Gasteiger partial charge in [0.2, 0.25) is 0 Å². The van der Waals surface area contributed by atoms with Gasteiger partial charge >= 0.3 is 0 Å². The van der Waals surface area contributed by atoms with Crippen LogP contribution in [0, 0.1) is 5.92 Å². The molecule has 1 aromatic carbocycles. The first-order chi connectivity index (χ1) is 7.63. The van der Waals surface area contributed by atoms with Gasteiger partial charge in [-0.1, -0.05) is 38.4 Å². The third-order valence-corrected chi connectivity index (χ3v) is 2.44. The lowest BCUT2D eigenvalue weighted by Gasteiger charge is -2.11. The van der Waals surface area contributed by atoms with Crippen molar-refractivity contribution in [2.75, 3.05) is 13.2 Å². The van der Waals surface area contributed by atoms with Gasteiger partial charge < -0.3 is 10.1 Å². The molecule has 1 N–H and O–H groups in total. The van der Waals surface area contributed by atoms with E-state index < -0.39 is 0 Å². The van der Waals surface area contributed by atoms with Crippen LogP contribution in [-0.4, -0.2) is 13.2 Å². The second-order valence-corrected chi connectivity index (χ2v) is 4.66. The Morgan fingerprint density at radius 1 is 1.38 bits per heavy atom. The molecule has 1 rings (SSSR count). The molecule has 2 nitrogen and oxygen atoms in total. The Bertz CT molecular complexity index is 326. The Kier molecular flexibility index (Phi) is 5.64. The molecule has 16 heavy (non-hydrogen) atoms. The van der Waals surface area contributed by atoms with Crippen LogP contribution in [0.5, 0.6) is 5.75 Å². The Labute approximate surface area is 103 Å². The van der Waals surface area contributed by atoms with Crippen molar-refractivity contribution in [2.45, 2.75) is 27.3 Å². The molecule has 0 atom stereocenters. The number of benzene rings is 1. The van der Waals surface area contributed by atoms with E-state index in [0.717, 1.165) is 18.8 Å². The minimum absolute atomic E-state index is 0.512. The van der Waals surface area contributed by atoms with Crippen LogP contribution in [0.15, 0.2) is 18.2 Å². The fraction of sp³-hybridized carbons (Fsp3) is 0.538. The first-order valence-electron chi connectivity index (χ1n) is 5.75. The first kappa shape index (κ1) is 13.3. The van der Waals surface area contributed by atoms with E-state index >= 15 is 0 Å². The fourth-order valence-corrected chi connectivity index (χ4v) is 1.55. The molecule has 0 fully saturated rings. The summed E-state index contributed by atoms with van der Waals surface area (Å²) in [5, 5.41) is 3.95. The summed E-state index contributed by atoms with van der Waals surface area (Å²) in [6.45, 7) is 8.83. The molecule has 0 saturated carbocycles. The standard InChI is InChI=1S/C13H20ClNO/c1-4-15-8-11-5-6-13(12(14)7-11)16-9-10(2)3/h5-7,10,15H,4,8-9H2,1-3H3. The van der Waals surface area contributed by atoms with E-state index in [1.807, 2.05) is 18.2 Å². The summed E-state index contributed by atoms with van der Waals surface area (Å²) in [4.78, 5) is 0. The molecule has 90 valence electrons. The van der Waals surface area contributed by atoms with Crippen LogP contribution < -0.4 is 10.1 Å². The largest absolute Gasteiger partial charge is 0.492 e. The SMILES string of the molecule is CCNCc1ccc(OCC(C)C)c(Cl)c1. The number of ether oxygens (including phenoxy) is 1. The van der Waals surface area contributed by atoms with Gasteiger partial charge in [0.25, 0.3) is 0 Å². The number of hydrogen-bond acceptors (Lipinski definition) is 2. The van der Waals surface area contributed by atoms with Gasteiger partial charge in [-0.2, -0.15) is 0 Å². The number of nitrogens with one attached hydrogen (secondary N) is 1. The first-order valence-corrected chi connectivity index (χ1v) is 6.13. The summed E-state index contributed by atoms with van der Waals surface area (Å²) in [5.41, 5.74) is 1.18. The maximum absolute atomic E-state index is 6.14. The van der Waals surface area contributed by atoms with E-state index in [4.69, 9.17) is 16.3 Å². The second-order valence-electron chi connectivity index (χ2n) is 4.25. The van der Waals surface area contributed by atoms with Gasteiger partial charge in [0.15, 0.2) is 0 Å². The molecule has 3 heteroatoms. The molecule has 0 aromatic heterocycles. The Hall–Kier alpha value is -0.730. The van der Waals surface area contributed by atoms with Gasteiger partial charge in [0, 0.05) is 6.54 Å². The van der Waals surface area contributed by atoms with E-state index in [1.54, 1.807) is 0 Å². The molecule has 0 aliphatic carbocycles. The van der Waals surface area contributed by atoms with Crippen molar-refractivity contribution in [2.24, 2.45) is 5.92 Å². The maximum Gasteiger partial charge on any atom is 0.137 e. The zero-order valence-electron chi connectivity index (χ0n) is 10.2. The molecule has 0 spiro atoms. The minimum atomic E-state index is 0.512. The molecule has 0 amide bonds. The normalized spacial score (nSPS) is 10.8. The summed E-state index contributed by atoms with van der Waals surface area (Å²) in [5.74, 6) is 1.29. The van der Waals surface area contributed by atoms with E-state index in [2.05, 4.69) is 26.1 Å². The third kappa shape index (κ3) is 4.42. The molecule has 0 heterocycles. The van der Waals surface area contributed by atoms with E-state index in [9.17, 15) is 0 Å². The Morgan fingerprint density at radius 3 is 2.69 bits per heavy atom. The van der Waals surface area contributed by atoms with E-state index in [0.29, 0.717) is 17.5 Å². The van der Waals surface area contributed by atoms with Crippen molar-refractivity contribution in [3.63, 3.8) is 0 Å². The van der Waals surface area contributed by atoms with Crippen LogP contribution in [-0.2, 0) is 6.54 Å². The van der Waals surface area contributed by atoms with Crippen LogP contribution in [0.4, 0.5) is 0 Å². The summed E-state index contributed by atoms with van der Waals surface area (Å²) in [6.07, 6.45) is 0. The van der Waals surface area contributed by atoms with Crippen molar-refractivity contribution >= 4 is 11.6 Å². The predicted molar refractivity (Wildman–Crippen MR) is 69.2 cm³/mol. The number of halogens is 1. The lowest BCUT2D eigenvalue weighted by molar-refractivity contribution is 0.271. The topological polar surface area (TPSA) is 21.3 Å². The smallest absolute Gasteiger partial charge is 0.137 e. The molecule has 0 saturated heterocycles. The van der Waals surface area contributed by atoms with Gasteiger partial charge in [-0.05, 0) is 30.2 Å². The predicted octanol–water partition coefficient (Wildman–Crippen LogP) is 3.48. The van der Waals surface area contributed by atoms with E-state index in [-0.39, 0.29) is 0 Å². The molecule has 0 bridgehead atoms. The highest BCUT2D eigenvalue weighted by atomic mass is 35.5. The highest BCUT2D eigenvalue weighted by Crippen LogP contribution is 2.25.